The molecule has 1 heterocycles. The number of carbonyl (C=O) groups is 1. The molecular formula is C20H17NO2. The Morgan fingerprint density at radius 1 is 0.870 bits per heavy atom. The van der Waals surface area contributed by atoms with Gasteiger partial charge in [-0.1, -0.05) is 60.7 Å². The van der Waals surface area contributed by atoms with E-state index < -0.39 is 0 Å². The van der Waals surface area contributed by atoms with Gasteiger partial charge in [0.05, 0.1) is 5.56 Å². The maximum Gasteiger partial charge on any atom is 0.339 e. The summed E-state index contributed by atoms with van der Waals surface area (Å²) in [6, 6.07) is 23.6. The average molecular weight is 303 g/mol. The number of rotatable bonds is 5. The summed E-state index contributed by atoms with van der Waals surface area (Å²) in [6.45, 7) is 0.293. The van der Waals surface area contributed by atoms with E-state index in [1.807, 2.05) is 36.4 Å². The molecule has 0 aliphatic heterocycles. The zero-order valence-electron chi connectivity index (χ0n) is 12.6. The monoisotopic (exact) mass is 303 g/mol. The van der Waals surface area contributed by atoms with Crippen molar-refractivity contribution in [2.75, 3.05) is 6.61 Å². The molecule has 3 rings (SSSR count). The van der Waals surface area contributed by atoms with Crippen LogP contribution in [0.1, 0.15) is 27.4 Å². The maximum atomic E-state index is 12.1. The zero-order valence-corrected chi connectivity index (χ0v) is 12.6. The van der Waals surface area contributed by atoms with Crippen LogP contribution in [0.25, 0.3) is 0 Å². The fourth-order valence-corrected chi connectivity index (χ4v) is 2.48. The van der Waals surface area contributed by atoms with Gasteiger partial charge in [0.1, 0.15) is 6.61 Å². The summed E-state index contributed by atoms with van der Waals surface area (Å²) in [5.41, 5.74) is 2.71. The van der Waals surface area contributed by atoms with E-state index in [-0.39, 0.29) is 11.9 Å². The molecule has 0 unspecified atom stereocenters. The molecule has 0 aliphatic carbocycles. The normalized spacial score (nSPS) is 10.5. The van der Waals surface area contributed by atoms with Gasteiger partial charge in [-0.3, -0.25) is 4.98 Å². The van der Waals surface area contributed by atoms with Gasteiger partial charge < -0.3 is 4.74 Å². The Bertz CT molecular complexity index is 703. The summed E-state index contributed by atoms with van der Waals surface area (Å²) < 4.78 is 5.52. The Hall–Kier alpha value is -2.94. The zero-order chi connectivity index (χ0) is 15.9. The molecule has 3 aromatic rings. The fourth-order valence-electron chi connectivity index (χ4n) is 2.48. The van der Waals surface area contributed by atoms with E-state index in [0.717, 1.165) is 11.1 Å². The SMILES string of the molecule is O=C(OCC(c1ccccc1)c1ccccc1)c1cccnc1. The van der Waals surface area contributed by atoms with Crippen LogP contribution >= 0.6 is 0 Å². The molecule has 0 aliphatic rings. The van der Waals surface area contributed by atoms with Crippen molar-refractivity contribution in [1.82, 2.24) is 4.98 Å². The largest absolute Gasteiger partial charge is 0.461 e. The highest BCUT2D eigenvalue weighted by Gasteiger charge is 2.17. The van der Waals surface area contributed by atoms with Crippen LogP contribution in [0.4, 0.5) is 0 Å². The Kier molecular flexibility index (Phi) is 4.79. The highest BCUT2D eigenvalue weighted by Crippen LogP contribution is 2.25. The predicted molar refractivity (Wildman–Crippen MR) is 89.2 cm³/mol. The van der Waals surface area contributed by atoms with E-state index in [2.05, 4.69) is 29.2 Å². The Morgan fingerprint density at radius 3 is 2.00 bits per heavy atom. The van der Waals surface area contributed by atoms with Gasteiger partial charge in [-0.05, 0) is 23.3 Å². The average Bonchev–Trinajstić information content (AvgIpc) is 2.64. The molecule has 0 saturated carbocycles. The smallest absolute Gasteiger partial charge is 0.339 e. The maximum absolute atomic E-state index is 12.1. The molecule has 3 nitrogen and oxygen atoms in total. The highest BCUT2D eigenvalue weighted by atomic mass is 16.5. The molecule has 0 radical (unpaired) electrons. The van der Waals surface area contributed by atoms with Crippen molar-refractivity contribution in [1.29, 1.82) is 0 Å². The van der Waals surface area contributed by atoms with Gasteiger partial charge in [-0.2, -0.15) is 0 Å². The lowest BCUT2D eigenvalue weighted by Gasteiger charge is -2.18. The second kappa shape index (κ2) is 7.36. The van der Waals surface area contributed by atoms with Gasteiger partial charge >= 0.3 is 5.97 Å². The number of aromatic nitrogens is 1. The van der Waals surface area contributed by atoms with Crippen molar-refractivity contribution in [3.8, 4) is 0 Å². The molecule has 0 spiro atoms. The lowest BCUT2D eigenvalue weighted by Crippen LogP contribution is -2.14. The quantitative estimate of drug-likeness (QED) is 0.667. The van der Waals surface area contributed by atoms with E-state index in [4.69, 9.17) is 4.74 Å². The molecular weight excluding hydrogens is 286 g/mol. The van der Waals surface area contributed by atoms with Crippen molar-refractivity contribution >= 4 is 5.97 Å². The number of hydrogen-bond donors (Lipinski definition) is 0. The van der Waals surface area contributed by atoms with Gasteiger partial charge in [0.2, 0.25) is 0 Å². The molecule has 1 aromatic heterocycles. The van der Waals surface area contributed by atoms with Crippen LogP contribution in [-0.2, 0) is 4.74 Å². The van der Waals surface area contributed by atoms with Gasteiger partial charge in [0.15, 0.2) is 0 Å². The van der Waals surface area contributed by atoms with E-state index in [1.54, 1.807) is 18.3 Å². The first-order valence-electron chi connectivity index (χ1n) is 7.51. The summed E-state index contributed by atoms with van der Waals surface area (Å²) >= 11 is 0. The first-order valence-corrected chi connectivity index (χ1v) is 7.51. The van der Waals surface area contributed by atoms with Crippen molar-refractivity contribution in [2.24, 2.45) is 0 Å². The van der Waals surface area contributed by atoms with Gasteiger partial charge in [0.25, 0.3) is 0 Å². The summed E-state index contributed by atoms with van der Waals surface area (Å²) in [6.07, 6.45) is 3.15. The molecule has 0 amide bonds. The van der Waals surface area contributed by atoms with Crippen LogP contribution in [-0.4, -0.2) is 17.6 Å². The summed E-state index contributed by atoms with van der Waals surface area (Å²) in [5.74, 6) is -0.340. The third kappa shape index (κ3) is 3.83. The van der Waals surface area contributed by atoms with Gasteiger partial charge in [-0.15, -0.1) is 0 Å². The lowest BCUT2D eigenvalue weighted by molar-refractivity contribution is 0.0492. The lowest BCUT2D eigenvalue weighted by atomic mass is 9.92. The minimum absolute atomic E-state index is 0.0121. The van der Waals surface area contributed by atoms with E-state index in [0.29, 0.717) is 12.2 Å². The number of carbonyl (C=O) groups excluding carboxylic acids is 1. The van der Waals surface area contributed by atoms with Crippen LogP contribution in [0, 0.1) is 0 Å². The fraction of sp³-hybridized carbons (Fsp3) is 0.100. The van der Waals surface area contributed by atoms with Crippen LogP contribution in [0.2, 0.25) is 0 Å². The van der Waals surface area contributed by atoms with Gasteiger partial charge in [0, 0.05) is 18.3 Å². The number of esters is 1. The van der Waals surface area contributed by atoms with E-state index >= 15 is 0 Å². The molecule has 0 bridgehead atoms. The van der Waals surface area contributed by atoms with E-state index in [1.165, 1.54) is 6.20 Å². The minimum Gasteiger partial charge on any atom is -0.461 e. The Labute approximate surface area is 135 Å². The van der Waals surface area contributed by atoms with Crippen molar-refractivity contribution in [3.05, 3.63) is 102 Å². The number of nitrogens with zero attached hydrogens (tertiary/aromatic N) is 1. The highest BCUT2D eigenvalue weighted by molar-refractivity contribution is 5.88. The van der Waals surface area contributed by atoms with Crippen molar-refractivity contribution < 1.29 is 9.53 Å². The number of hydrogen-bond acceptors (Lipinski definition) is 3. The van der Waals surface area contributed by atoms with Crippen LogP contribution in [0.15, 0.2) is 85.2 Å². The van der Waals surface area contributed by atoms with Crippen LogP contribution < -0.4 is 0 Å². The first-order chi connectivity index (χ1) is 11.3. The third-order valence-corrected chi connectivity index (χ3v) is 3.68. The second-order valence-corrected chi connectivity index (χ2v) is 5.21. The molecule has 0 N–H and O–H groups in total. The third-order valence-electron chi connectivity index (χ3n) is 3.68. The Morgan fingerprint density at radius 2 is 1.48 bits per heavy atom. The topological polar surface area (TPSA) is 39.2 Å². The second-order valence-electron chi connectivity index (χ2n) is 5.21. The standard InChI is InChI=1S/C20H17NO2/c22-20(18-12-7-13-21-14-18)23-15-19(16-8-3-1-4-9-16)17-10-5-2-6-11-17/h1-14,19H,15H2. The number of benzene rings is 2. The number of ether oxygens (including phenoxy) is 1. The van der Waals surface area contributed by atoms with E-state index in [9.17, 15) is 4.79 Å². The Balaban J connectivity index is 1.79. The first kappa shape index (κ1) is 15.0. The molecule has 2 aromatic carbocycles. The number of pyridine rings is 1. The molecule has 114 valence electrons. The van der Waals surface area contributed by atoms with Crippen LogP contribution in [0.5, 0.6) is 0 Å². The molecule has 0 atom stereocenters. The minimum atomic E-state index is -0.352. The summed E-state index contributed by atoms with van der Waals surface area (Å²) in [4.78, 5) is 16.1. The molecule has 3 heteroatoms. The predicted octanol–water partition coefficient (Wildman–Crippen LogP) is 4.07. The molecule has 0 saturated heterocycles. The summed E-state index contributed by atoms with van der Waals surface area (Å²) in [7, 11) is 0. The van der Waals surface area contributed by atoms with Crippen LogP contribution in [0.3, 0.4) is 0 Å². The molecule has 23 heavy (non-hydrogen) atoms. The van der Waals surface area contributed by atoms with Crippen molar-refractivity contribution in [2.45, 2.75) is 5.92 Å². The van der Waals surface area contributed by atoms with Crippen molar-refractivity contribution in [3.63, 3.8) is 0 Å². The summed E-state index contributed by atoms with van der Waals surface area (Å²) in [5, 5.41) is 0. The van der Waals surface area contributed by atoms with Gasteiger partial charge in [-0.25, -0.2) is 4.79 Å². The molecule has 0 fully saturated rings.